The summed E-state index contributed by atoms with van der Waals surface area (Å²) in [5, 5.41) is 38.4. The molecule has 23 heteroatoms. The van der Waals surface area contributed by atoms with Gasteiger partial charge in [-0.1, -0.05) is 64.5 Å². The van der Waals surface area contributed by atoms with E-state index in [4.69, 9.17) is 9.47 Å². The Kier molecular flexibility index (Phi) is 25.5. The largest absolute Gasteiger partial charge is 0.508 e. The predicted molar refractivity (Wildman–Crippen MR) is 399 cm³/mol. The number of aromatic carboxylic acids is 1. The van der Waals surface area contributed by atoms with Gasteiger partial charge in [0.05, 0.1) is 35.9 Å². The first-order valence-electron chi connectivity index (χ1n) is 36.4. The fourth-order valence-electron chi connectivity index (χ4n) is 17.0. The van der Waals surface area contributed by atoms with Gasteiger partial charge < -0.3 is 45.6 Å². The number of phenols is 2. The first kappa shape index (κ1) is 79.0. The summed E-state index contributed by atoms with van der Waals surface area (Å²) in [5.74, 6) is 0.0456. The molecule has 4 heterocycles. The Hall–Kier alpha value is -8.60. The number of halogens is 7. The van der Waals surface area contributed by atoms with E-state index in [9.17, 15) is 65.6 Å². The number of benzene rings is 6. The van der Waals surface area contributed by atoms with Crippen molar-refractivity contribution in [1.29, 1.82) is 0 Å². The van der Waals surface area contributed by atoms with Crippen molar-refractivity contribution in [3.63, 3.8) is 0 Å². The van der Waals surface area contributed by atoms with Crippen LogP contribution in [0.4, 0.5) is 37.7 Å². The third-order valence-electron chi connectivity index (χ3n) is 22.2. The highest BCUT2D eigenvalue weighted by molar-refractivity contribution is 7.22. The van der Waals surface area contributed by atoms with E-state index < -0.39 is 52.4 Å². The van der Waals surface area contributed by atoms with E-state index in [1.54, 1.807) is 67.6 Å². The van der Waals surface area contributed by atoms with Gasteiger partial charge in [-0.3, -0.25) is 24.1 Å². The number of ether oxygens (including phenoxy) is 2. The summed E-state index contributed by atoms with van der Waals surface area (Å²) >= 11 is 1.46. The van der Waals surface area contributed by atoms with Crippen LogP contribution in [-0.4, -0.2) is 102 Å². The molecule has 0 bridgehead atoms. The van der Waals surface area contributed by atoms with E-state index in [0.29, 0.717) is 78.9 Å². The van der Waals surface area contributed by atoms with E-state index in [-0.39, 0.29) is 76.9 Å². The Morgan fingerprint density at radius 1 is 0.743 bits per heavy atom. The predicted octanol–water partition coefficient (Wildman–Crippen LogP) is 18.3. The van der Waals surface area contributed by atoms with Gasteiger partial charge in [-0.15, -0.1) is 23.7 Å². The number of amides is 3. The van der Waals surface area contributed by atoms with Crippen LogP contribution in [0.25, 0.3) is 20.5 Å². The van der Waals surface area contributed by atoms with Gasteiger partial charge >= 0.3 is 18.3 Å². The Balaban J connectivity index is 0.000000168. The Bertz CT molecular complexity index is 4250. The number of rotatable bonds is 19. The van der Waals surface area contributed by atoms with Crippen molar-refractivity contribution in [2.45, 2.75) is 149 Å². The lowest BCUT2D eigenvalue weighted by atomic mass is 9.48. The smallest absolute Gasteiger partial charge is 0.418 e. The molecule has 562 valence electrons. The average Bonchev–Trinajstić information content (AvgIpc) is 1.65. The van der Waals surface area contributed by atoms with Crippen LogP contribution in [0.15, 0.2) is 140 Å². The highest BCUT2D eigenvalue weighted by atomic mass is 35.5. The van der Waals surface area contributed by atoms with Crippen molar-refractivity contribution in [3.8, 4) is 33.4 Å². The number of carbonyl (C=O) groups is 5. The summed E-state index contributed by atoms with van der Waals surface area (Å²) in [5.41, 5.74) is 1.19. The van der Waals surface area contributed by atoms with Gasteiger partial charge in [0.15, 0.2) is 5.78 Å². The van der Waals surface area contributed by atoms with Gasteiger partial charge in [0, 0.05) is 68.8 Å². The molecule has 0 unspecified atom stereocenters. The van der Waals surface area contributed by atoms with E-state index in [1.807, 2.05) is 43.3 Å². The molecule has 3 aliphatic carbocycles. The standard InChI is InChI=1S/C28H27NO4S.C27H30F6N2O2.C27H36N2O4.ClH/c30-21-8-4-20(5-9-21)28-26(24-13-10-22(31)18-25(24)34-28)27(32)19-6-11-23(12-7-19)33-17-16-29-14-2-1-3-15-29;1-24-11-9-17-15(4-8-21-25(17,2)12-10-22(36)35-21)16(24)6-7-19(24)23(37)34-20-13-14(26(28,29)30)3-5-18(20)27(31,32)33;1-4-33-25-17-20(12-13-22(25)27(31)32)18-26(30)28-23(16-19(2)3)21-10-6-7-11-24(21)29-14-8-5-9-15-29;/h4-13,18,30-31H,1-3,14-17H2;3,5,10,12-13,15-17,19,21H,4,6-9,11H2,1-2H3,(H,34,37)(H,35,36);6-7,10-13,17,19,23H,4-5,8-9,14-16,18H2,1-3H3,(H,28,30)(H,31,32);1H/t;15-,16-,17-,19+,21+,24-,25+;23-;/m.00./s1. The number of ketones is 1. The fraction of sp³-hybridized carbons (Fsp3) is 0.451. The molecule has 2 saturated heterocycles. The summed E-state index contributed by atoms with van der Waals surface area (Å²) in [6, 6.07) is 33.6. The van der Waals surface area contributed by atoms with Gasteiger partial charge in [0.2, 0.25) is 17.7 Å². The van der Waals surface area contributed by atoms with Crippen LogP contribution in [0.2, 0.25) is 0 Å². The molecule has 6 aliphatic rings. The molecule has 3 amide bonds. The fourth-order valence-corrected chi connectivity index (χ4v) is 18.2. The van der Waals surface area contributed by atoms with Crippen LogP contribution in [-0.2, 0) is 33.2 Å². The molecule has 7 aromatic rings. The molecule has 15 nitrogen and oxygen atoms in total. The summed E-state index contributed by atoms with van der Waals surface area (Å²) in [6.07, 6.45) is 6.80. The van der Waals surface area contributed by atoms with Crippen molar-refractivity contribution in [2.75, 3.05) is 56.2 Å². The minimum atomic E-state index is -4.91. The number of phenolic OH excluding ortho intramolecular Hbond substituents is 2. The zero-order valence-corrected chi connectivity index (χ0v) is 61.5. The van der Waals surface area contributed by atoms with E-state index in [0.717, 1.165) is 102 Å². The minimum Gasteiger partial charge on any atom is -0.508 e. The third kappa shape index (κ3) is 18.4. The Morgan fingerprint density at radius 3 is 2.11 bits per heavy atom. The minimum absolute atomic E-state index is 0. The van der Waals surface area contributed by atoms with Crippen LogP contribution in [0.3, 0.4) is 0 Å². The molecule has 6 aromatic carbocycles. The summed E-state index contributed by atoms with van der Waals surface area (Å²) in [4.78, 5) is 69.1. The molecule has 8 atom stereocenters. The van der Waals surface area contributed by atoms with Crippen LogP contribution in [0.1, 0.15) is 173 Å². The number of nitrogens with one attached hydrogen (secondary N) is 3. The van der Waals surface area contributed by atoms with Gasteiger partial charge in [-0.05, 0) is 252 Å². The number of carboxylic acids is 1. The van der Waals surface area contributed by atoms with Crippen molar-refractivity contribution < 1.29 is 75.1 Å². The molecule has 1 aromatic heterocycles. The van der Waals surface area contributed by atoms with E-state index >= 15 is 0 Å². The van der Waals surface area contributed by atoms with Gasteiger partial charge in [-0.2, -0.15) is 26.3 Å². The number of alkyl halides is 6. The molecule has 3 saturated carbocycles. The normalized spacial score (nSPS) is 22.4. The lowest BCUT2D eigenvalue weighted by molar-refractivity contribution is -0.141. The maximum atomic E-state index is 13.6. The van der Waals surface area contributed by atoms with Crippen LogP contribution < -0.4 is 30.3 Å². The highest BCUT2D eigenvalue weighted by Crippen LogP contribution is 2.65. The number of fused-ring (bicyclic) bond motifs is 6. The maximum absolute atomic E-state index is 13.6. The average molecular weight is 1490 g/mol. The van der Waals surface area contributed by atoms with Crippen molar-refractivity contribution in [3.05, 3.63) is 178 Å². The number of piperidine rings is 2. The first-order valence-corrected chi connectivity index (χ1v) is 37.2. The van der Waals surface area contributed by atoms with Crippen LogP contribution >= 0.6 is 23.7 Å². The summed E-state index contributed by atoms with van der Waals surface area (Å²) in [7, 11) is 0. The highest BCUT2D eigenvalue weighted by Gasteiger charge is 2.61. The SMILES string of the molecule is CCOc1cc(CC(=O)N[C@@H](CC(C)C)c2ccccc2N2CCCCC2)ccc1C(=O)O.C[C@]12C=CC(=O)N[C@@H]1CC[C@@H]1[C@@H]2CC[C@]2(C)[C@@H](C(=O)Nc3cc(C(F)(F)F)ccc3C(F)(F)F)CC[C@@H]12.Cl.O=C(c1ccc(OCCN2CCCCC2)cc1)c1c(-c2ccc(O)cc2)sc2cc(O)ccc12. The molecule has 105 heavy (non-hydrogen) atoms. The zero-order valence-electron chi connectivity index (χ0n) is 59.8. The maximum Gasteiger partial charge on any atom is 0.418 e. The van der Waals surface area contributed by atoms with E-state index in [1.165, 1.54) is 61.6 Å². The lowest BCUT2D eigenvalue weighted by Crippen LogP contribution is -2.59. The number of aromatic hydroxyl groups is 2. The molecule has 13 rings (SSSR count). The molecule has 0 radical (unpaired) electrons. The van der Waals surface area contributed by atoms with Gasteiger partial charge in [-0.25, -0.2) is 4.79 Å². The molecule has 3 aliphatic heterocycles. The number of carboxylic acid groups (broad SMARTS) is 1. The number of hydrogen-bond acceptors (Lipinski definition) is 12. The quantitative estimate of drug-likeness (QED) is 0.0330. The summed E-state index contributed by atoms with van der Waals surface area (Å²) < 4.78 is 92.6. The van der Waals surface area contributed by atoms with Crippen molar-refractivity contribution >= 4 is 74.7 Å². The number of hydrogen-bond donors (Lipinski definition) is 6. The molecular formula is C82H94ClF6N5O10S. The third-order valence-corrected chi connectivity index (χ3v) is 23.4. The second kappa shape index (κ2) is 33.9. The Labute approximate surface area is 619 Å². The number of carbonyl (C=O) groups excluding carboxylic acids is 4. The second-order valence-corrected chi connectivity index (χ2v) is 30.4. The molecule has 5 fully saturated rings. The Morgan fingerprint density at radius 2 is 1.44 bits per heavy atom. The second-order valence-electron chi connectivity index (χ2n) is 29.4. The van der Waals surface area contributed by atoms with E-state index in [2.05, 4.69) is 64.7 Å². The number of thiophene rings is 1. The van der Waals surface area contributed by atoms with Gasteiger partial charge in [0.1, 0.15) is 35.2 Å². The van der Waals surface area contributed by atoms with Crippen molar-refractivity contribution in [1.82, 2.24) is 15.5 Å². The number of anilines is 2. The number of likely N-dealkylation sites (tertiary alicyclic amines) is 1. The molecule has 0 spiro atoms. The number of para-hydroxylation sites is 1. The number of nitrogens with zero attached hydrogens (tertiary/aromatic N) is 2. The van der Waals surface area contributed by atoms with Crippen LogP contribution in [0, 0.1) is 40.4 Å². The first-order chi connectivity index (χ1) is 49.6. The molecule has 6 N–H and O–H groups in total. The van der Waals surface area contributed by atoms with Gasteiger partial charge in [0.25, 0.3) is 0 Å². The monoisotopic (exact) mass is 1490 g/mol. The molecular weight excluding hydrogens is 1400 g/mol. The lowest BCUT2D eigenvalue weighted by Gasteiger charge is -2.58. The van der Waals surface area contributed by atoms with Crippen molar-refractivity contribution in [2.24, 2.45) is 40.4 Å². The van der Waals surface area contributed by atoms with Crippen LogP contribution in [0.5, 0.6) is 23.0 Å². The summed E-state index contributed by atoms with van der Waals surface area (Å²) in [6.45, 7) is 16.6. The zero-order chi connectivity index (χ0) is 74.3. The topological polar surface area (TPSA) is 207 Å².